The molecule has 0 aliphatic carbocycles. The van der Waals surface area contributed by atoms with E-state index in [-0.39, 0.29) is 5.78 Å². The number of aryl methyl sites for hydroxylation is 4. The van der Waals surface area contributed by atoms with E-state index in [1.165, 1.54) is 11.8 Å². The Morgan fingerprint density at radius 1 is 1.23 bits per heavy atom. The predicted octanol–water partition coefficient (Wildman–Crippen LogP) is 3.39. The van der Waals surface area contributed by atoms with Gasteiger partial charge < -0.3 is 0 Å². The van der Waals surface area contributed by atoms with Crippen LogP contribution in [0.5, 0.6) is 0 Å². The minimum atomic E-state index is 0.126. The third kappa shape index (κ3) is 2.78. The van der Waals surface area contributed by atoms with Crippen LogP contribution < -0.4 is 0 Å². The maximum Gasteiger partial charge on any atom is 0.256 e. The zero-order chi connectivity index (χ0) is 15.9. The van der Waals surface area contributed by atoms with Gasteiger partial charge in [0.05, 0.1) is 5.75 Å². The van der Waals surface area contributed by atoms with E-state index in [2.05, 4.69) is 15.2 Å². The Morgan fingerprint density at radius 2 is 2.00 bits per heavy atom. The highest BCUT2D eigenvalue weighted by molar-refractivity contribution is 7.99. The third-order valence-corrected chi connectivity index (χ3v) is 5.23. The van der Waals surface area contributed by atoms with Crippen molar-refractivity contribution in [1.82, 2.24) is 19.6 Å². The Labute approximate surface area is 136 Å². The summed E-state index contributed by atoms with van der Waals surface area (Å²) in [5.74, 6) is 1.06. The largest absolute Gasteiger partial charge is 0.293 e. The highest BCUT2D eigenvalue weighted by Crippen LogP contribution is 2.24. The Bertz CT molecular complexity index is 866. The molecule has 5 nitrogen and oxygen atoms in total. The molecule has 0 aliphatic rings. The van der Waals surface area contributed by atoms with E-state index < -0.39 is 0 Å². The van der Waals surface area contributed by atoms with Gasteiger partial charge in [-0.2, -0.15) is 0 Å². The zero-order valence-electron chi connectivity index (χ0n) is 12.9. The number of hydrogen-bond donors (Lipinski definition) is 0. The van der Waals surface area contributed by atoms with E-state index in [0.29, 0.717) is 16.7 Å². The minimum absolute atomic E-state index is 0.126. The number of carbonyl (C=O) groups excluding carboxylic acids is 1. The van der Waals surface area contributed by atoms with Crippen molar-refractivity contribution >= 4 is 34.7 Å². The highest BCUT2D eigenvalue weighted by atomic mass is 32.2. The summed E-state index contributed by atoms with van der Waals surface area (Å²) in [6, 6.07) is 3.94. The number of nitrogens with zero attached hydrogens (tertiary/aromatic N) is 4. The van der Waals surface area contributed by atoms with Crippen LogP contribution in [0, 0.1) is 27.7 Å². The van der Waals surface area contributed by atoms with Crippen molar-refractivity contribution in [2.24, 2.45) is 0 Å². The summed E-state index contributed by atoms with van der Waals surface area (Å²) in [7, 11) is 0. The second-order valence-corrected chi connectivity index (χ2v) is 7.60. The number of hydrogen-bond acceptors (Lipinski definition) is 6. The molecule has 0 saturated carbocycles. The summed E-state index contributed by atoms with van der Waals surface area (Å²) in [5, 5.41) is 8.95. The van der Waals surface area contributed by atoms with Gasteiger partial charge in [-0.25, -0.2) is 4.98 Å². The van der Waals surface area contributed by atoms with Crippen molar-refractivity contribution in [3.63, 3.8) is 0 Å². The normalized spacial score (nSPS) is 11.3. The van der Waals surface area contributed by atoms with E-state index in [4.69, 9.17) is 0 Å². The molecule has 0 N–H and O–H groups in total. The van der Waals surface area contributed by atoms with E-state index in [0.717, 1.165) is 26.7 Å². The van der Waals surface area contributed by atoms with Gasteiger partial charge in [0.2, 0.25) is 0 Å². The molecular formula is C15H16N4OS2. The molecule has 0 bridgehead atoms. The van der Waals surface area contributed by atoms with Gasteiger partial charge in [0.1, 0.15) is 0 Å². The number of thioether (sulfide) groups is 1. The first-order valence-electron chi connectivity index (χ1n) is 6.88. The number of Topliss-reactive ketones (excluding diaryl/α,β-unsaturated/α-hetero) is 1. The number of ketones is 1. The van der Waals surface area contributed by atoms with E-state index >= 15 is 0 Å². The molecule has 3 rings (SSSR count). The smallest absolute Gasteiger partial charge is 0.256 e. The van der Waals surface area contributed by atoms with Crippen molar-refractivity contribution in [3.8, 4) is 0 Å². The molecule has 114 valence electrons. The Hall–Kier alpha value is -1.73. The van der Waals surface area contributed by atoms with Crippen molar-refractivity contribution in [2.45, 2.75) is 32.9 Å². The van der Waals surface area contributed by atoms with Crippen LogP contribution in [0.25, 0.3) is 5.78 Å². The van der Waals surface area contributed by atoms with E-state index in [1.54, 1.807) is 11.3 Å². The molecular weight excluding hydrogens is 316 g/mol. The molecule has 0 fully saturated rings. The molecule has 7 heteroatoms. The van der Waals surface area contributed by atoms with Gasteiger partial charge in [-0.3, -0.25) is 9.20 Å². The predicted molar refractivity (Wildman–Crippen MR) is 89.1 cm³/mol. The van der Waals surface area contributed by atoms with Gasteiger partial charge in [-0.05, 0) is 39.8 Å². The van der Waals surface area contributed by atoms with Crippen LogP contribution in [-0.2, 0) is 0 Å². The quantitative estimate of drug-likeness (QED) is 0.541. The molecule has 3 aromatic rings. The van der Waals surface area contributed by atoms with Crippen LogP contribution in [0.15, 0.2) is 17.3 Å². The highest BCUT2D eigenvalue weighted by Gasteiger charge is 2.15. The van der Waals surface area contributed by atoms with Gasteiger partial charge in [-0.1, -0.05) is 11.8 Å². The topological polar surface area (TPSA) is 60.2 Å². The molecule has 0 unspecified atom stereocenters. The standard InChI is InChI=1S/C15H16N4OS2/c1-8-5-9(2)19-14(16-8)17-18-15(19)21-7-13(20)12-6-10(3)22-11(12)4/h5-6H,7H2,1-4H3. The molecule has 0 atom stereocenters. The molecule has 0 aromatic carbocycles. The average molecular weight is 332 g/mol. The summed E-state index contributed by atoms with van der Waals surface area (Å²) in [5.41, 5.74) is 2.74. The number of rotatable bonds is 4. The van der Waals surface area contributed by atoms with Crippen molar-refractivity contribution in [3.05, 3.63) is 38.8 Å². The Balaban J connectivity index is 1.82. The van der Waals surface area contributed by atoms with Crippen LogP contribution >= 0.6 is 23.1 Å². The van der Waals surface area contributed by atoms with Crippen LogP contribution in [-0.4, -0.2) is 31.1 Å². The first kappa shape index (κ1) is 15.2. The van der Waals surface area contributed by atoms with Gasteiger partial charge >= 0.3 is 0 Å². The minimum Gasteiger partial charge on any atom is -0.293 e. The SMILES string of the molecule is Cc1cc(C)n2c(SCC(=O)c3cc(C)sc3C)nnc2n1. The number of aromatic nitrogens is 4. The maximum absolute atomic E-state index is 12.4. The fraction of sp³-hybridized carbons (Fsp3) is 0.333. The van der Waals surface area contributed by atoms with E-state index in [1.807, 2.05) is 44.2 Å². The molecule has 0 saturated heterocycles. The molecule has 0 amide bonds. The van der Waals surface area contributed by atoms with Crippen molar-refractivity contribution in [1.29, 1.82) is 0 Å². The second kappa shape index (κ2) is 5.81. The zero-order valence-corrected chi connectivity index (χ0v) is 14.5. The van der Waals surface area contributed by atoms with Gasteiger partial charge in [0.25, 0.3) is 5.78 Å². The lowest BCUT2D eigenvalue weighted by molar-refractivity contribution is 0.102. The molecule has 0 aliphatic heterocycles. The summed E-state index contributed by atoms with van der Waals surface area (Å²) < 4.78 is 1.89. The fourth-order valence-corrected chi connectivity index (χ4v) is 4.22. The van der Waals surface area contributed by atoms with Gasteiger partial charge in [-0.15, -0.1) is 21.5 Å². The summed E-state index contributed by atoms with van der Waals surface area (Å²) in [6.45, 7) is 7.92. The van der Waals surface area contributed by atoms with E-state index in [9.17, 15) is 4.79 Å². The van der Waals surface area contributed by atoms with Crippen LogP contribution in [0.2, 0.25) is 0 Å². The summed E-state index contributed by atoms with van der Waals surface area (Å²) >= 11 is 3.06. The number of fused-ring (bicyclic) bond motifs is 1. The lowest BCUT2D eigenvalue weighted by atomic mass is 10.2. The van der Waals surface area contributed by atoms with Gasteiger partial charge in [0.15, 0.2) is 10.9 Å². The van der Waals surface area contributed by atoms with Crippen LogP contribution in [0.1, 0.15) is 31.5 Å². The molecule has 3 aromatic heterocycles. The number of thiophene rings is 1. The molecule has 3 heterocycles. The molecule has 22 heavy (non-hydrogen) atoms. The van der Waals surface area contributed by atoms with Crippen LogP contribution in [0.3, 0.4) is 0 Å². The average Bonchev–Trinajstić information content (AvgIpc) is 2.99. The first-order valence-corrected chi connectivity index (χ1v) is 8.68. The summed E-state index contributed by atoms with van der Waals surface area (Å²) in [4.78, 5) is 18.9. The molecule has 0 radical (unpaired) electrons. The first-order chi connectivity index (χ1) is 10.5. The Morgan fingerprint density at radius 3 is 2.68 bits per heavy atom. The molecule has 0 spiro atoms. The fourth-order valence-electron chi connectivity index (χ4n) is 2.41. The Kier molecular flexibility index (Phi) is 4.01. The van der Waals surface area contributed by atoms with Crippen molar-refractivity contribution in [2.75, 3.05) is 5.75 Å². The van der Waals surface area contributed by atoms with Crippen LogP contribution in [0.4, 0.5) is 0 Å². The summed E-state index contributed by atoms with van der Waals surface area (Å²) in [6.07, 6.45) is 0. The monoisotopic (exact) mass is 332 g/mol. The van der Waals surface area contributed by atoms with Crippen molar-refractivity contribution < 1.29 is 4.79 Å². The lowest BCUT2D eigenvalue weighted by Gasteiger charge is -2.03. The lowest BCUT2D eigenvalue weighted by Crippen LogP contribution is -2.04. The number of carbonyl (C=O) groups is 1. The second-order valence-electron chi connectivity index (χ2n) is 5.20. The maximum atomic E-state index is 12.4. The van der Waals surface area contributed by atoms with Gasteiger partial charge in [0, 0.05) is 26.7 Å². The third-order valence-electron chi connectivity index (χ3n) is 3.34.